The third kappa shape index (κ3) is 11.8. The molecule has 0 aliphatic carbocycles. The molecular formula is C72H56N4O8Zn. The van der Waals surface area contributed by atoms with Gasteiger partial charge in [-0.15, -0.1) is 22.1 Å². The second kappa shape index (κ2) is 24.8. The van der Waals surface area contributed by atoms with Gasteiger partial charge >= 0.3 is 43.4 Å². The second-order valence-electron chi connectivity index (χ2n) is 20.5. The largest absolute Gasteiger partial charge is 2.00 e. The average molecular weight is 1170 g/mol. The van der Waals surface area contributed by atoms with Crippen LogP contribution in [0.15, 0.2) is 170 Å². The minimum Gasteiger partial charge on any atom is -0.657 e. The summed E-state index contributed by atoms with van der Waals surface area (Å²) in [5.74, 6) is -2.23. The first-order valence-electron chi connectivity index (χ1n) is 27.1. The summed E-state index contributed by atoms with van der Waals surface area (Å²) in [5.41, 5.74) is 20.7. The van der Waals surface area contributed by atoms with Gasteiger partial charge in [-0.3, -0.25) is 0 Å². The number of carbonyl (C=O) groups is 4. The van der Waals surface area contributed by atoms with Crippen LogP contribution in [0.4, 0.5) is 0 Å². The molecule has 0 fully saturated rings. The van der Waals surface area contributed by atoms with E-state index in [9.17, 15) is 19.2 Å². The summed E-state index contributed by atoms with van der Waals surface area (Å²) >= 11 is 0. The summed E-state index contributed by atoms with van der Waals surface area (Å²) in [5, 5.41) is 0. The van der Waals surface area contributed by atoms with Gasteiger partial charge in [0.25, 0.3) is 0 Å². The van der Waals surface area contributed by atoms with E-state index in [2.05, 4.69) is 97.1 Å². The Labute approximate surface area is 505 Å². The van der Waals surface area contributed by atoms with E-state index in [0.717, 1.165) is 89.0 Å². The molecule has 0 amide bonds. The molecule has 11 rings (SSSR count). The van der Waals surface area contributed by atoms with Gasteiger partial charge < -0.3 is 28.9 Å². The summed E-state index contributed by atoms with van der Waals surface area (Å²) in [6, 6.07) is 49.0. The molecule has 3 aromatic heterocycles. The van der Waals surface area contributed by atoms with Crippen LogP contribution in [-0.4, -0.2) is 62.3 Å². The SMILES string of the molecule is COC(=O)/C=C/c1cc2c(cc1/C=C/C(=O)OC)-c1nc-2c(-c2ccc(C)cc2)c2ccc([n-]2)c(-c2ccc(C)cc2)c2nc(c(-c3ccc(C)cc3)c3ccc([n-]3)c1-c1ccc(C)cc1)-c1cc(/C=C/C(=O)OC)c(/C=C/C(=O)OC)cc1-2.[Zn+2]. The molecular weight excluding hydrogens is 1110 g/mol. The molecule has 414 valence electrons. The van der Waals surface area contributed by atoms with E-state index in [1.54, 1.807) is 24.3 Å². The number of fused-ring (bicyclic) bond motifs is 14. The zero-order chi connectivity index (χ0) is 58.8. The number of hydrogen-bond donors (Lipinski definition) is 0. The van der Waals surface area contributed by atoms with Crippen LogP contribution in [0.25, 0.3) is 136 Å². The number of rotatable bonds is 12. The van der Waals surface area contributed by atoms with Gasteiger partial charge in [0, 0.05) is 46.6 Å². The summed E-state index contributed by atoms with van der Waals surface area (Å²) in [7, 11) is 5.28. The van der Waals surface area contributed by atoms with E-state index in [1.165, 1.54) is 52.7 Å². The van der Waals surface area contributed by atoms with Crippen molar-refractivity contribution in [2.75, 3.05) is 28.4 Å². The predicted octanol–water partition coefficient (Wildman–Crippen LogP) is 14.9. The first-order chi connectivity index (χ1) is 40.7. The van der Waals surface area contributed by atoms with Crippen molar-refractivity contribution in [3.05, 3.63) is 214 Å². The quantitative estimate of drug-likeness (QED) is 0.0494. The minimum atomic E-state index is -0.559. The van der Waals surface area contributed by atoms with E-state index in [0.29, 0.717) is 67.1 Å². The zero-order valence-corrected chi connectivity index (χ0v) is 51.2. The van der Waals surface area contributed by atoms with Crippen molar-refractivity contribution in [3.63, 3.8) is 0 Å². The number of carbonyl (C=O) groups excluding carboxylic acids is 4. The van der Waals surface area contributed by atoms with Crippen molar-refractivity contribution in [2.24, 2.45) is 0 Å². The van der Waals surface area contributed by atoms with Crippen molar-refractivity contribution >= 4 is 70.2 Å². The van der Waals surface area contributed by atoms with Gasteiger partial charge in [-0.05, 0) is 143 Å². The second-order valence-corrected chi connectivity index (χ2v) is 20.5. The molecule has 8 bridgehead atoms. The van der Waals surface area contributed by atoms with Crippen molar-refractivity contribution < 1.29 is 57.6 Å². The predicted molar refractivity (Wildman–Crippen MR) is 333 cm³/mol. The Morgan fingerprint density at radius 3 is 0.718 bits per heavy atom. The summed E-state index contributed by atoms with van der Waals surface area (Å²) in [6.07, 6.45) is 12.1. The molecule has 0 saturated heterocycles. The summed E-state index contributed by atoms with van der Waals surface area (Å²) in [6.45, 7) is 8.16. The van der Waals surface area contributed by atoms with E-state index in [1.807, 2.05) is 76.2 Å². The number of aromatic nitrogens is 4. The van der Waals surface area contributed by atoms with Gasteiger partial charge in [-0.25, -0.2) is 29.1 Å². The van der Waals surface area contributed by atoms with Crippen LogP contribution in [0.1, 0.15) is 44.5 Å². The molecule has 9 aromatic rings. The van der Waals surface area contributed by atoms with Crippen molar-refractivity contribution in [1.29, 1.82) is 0 Å². The monoisotopic (exact) mass is 1170 g/mol. The first-order valence-corrected chi connectivity index (χ1v) is 27.1. The van der Waals surface area contributed by atoms with Gasteiger partial charge in [-0.1, -0.05) is 144 Å². The molecule has 85 heavy (non-hydrogen) atoms. The standard InChI is InChI=1S/C72H58N4O8.Zn/c1-41-9-17-45(18-10-41)65-57-29-30-58(73-57)66(46-19-11-42(2)12-20-46)71-55-39-51(27-35-63(79)83-7)52(28-36-64(80)84-8)40-56(55)72(76-71)68(48-23-15-44(4)16-24-48)60-32-31-59(74-60)67(47-21-13-43(3)14-22-47)70-54-38-50(26-34-62(78)82-6)49(25-33-61(77)81-5)37-53(54)69(65)75-70;/h9-40H,1-8H3,(H2,73,74,75,76,77,78,79,80);/q;+2/p-2. The summed E-state index contributed by atoms with van der Waals surface area (Å²) < 4.78 is 20.2. The molecule has 0 radical (unpaired) electrons. The molecule has 0 unspecified atom stereocenters. The van der Waals surface area contributed by atoms with E-state index >= 15 is 0 Å². The molecule has 2 aliphatic rings. The molecule has 0 N–H and O–H groups in total. The Hall–Kier alpha value is -10.1. The molecule has 2 aliphatic heterocycles. The van der Waals surface area contributed by atoms with Gasteiger partial charge in [-0.2, -0.15) is 0 Å². The average Bonchev–Trinajstić information content (AvgIpc) is 2.34. The zero-order valence-electron chi connectivity index (χ0n) is 48.2. The summed E-state index contributed by atoms with van der Waals surface area (Å²) in [4.78, 5) is 74.1. The first kappa shape index (κ1) is 58.1. The fraction of sp³-hybridized carbons (Fsp3) is 0.111. The van der Waals surface area contributed by atoms with E-state index < -0.39 is 23.9 Å². The molecule has 0 atom stereocenters. The number of hydrogen-bond acceptors (Lipinski definition) is 10. The molecule has 12 nitrogen and oxygen atoms in total. The third-order valence-corrected chi connectivity index (χ3v) is 14.9. The van der Waals surface area contributed by atoms with Crippen LogP contribution < -0.4 is 9.97 Å². The minimum absolute atomic E-state index is 0. The molecule has 6 aromatic carbocycles. The maximum atomic E-state index is 12.8. The molecule has 5 heterocycles. The van der Waals surface area contributed by atoms with Gasteiger partial charge in [0.15, 0.2) is 0 Å². The topological polar surface area (TPSA) is 159 Å². The molecule has 0 spiro atoms. The van der Waals surface area contributed by atoms with Crippen LogP contribution in [-0.2, 0) is 57.6 Å². The van der Waals surface area contributed by atoms with E-state index in [4.69, 9.17) is 38.9 Å². The fourth-order valence-corrected chi connectivity index (χ4v) is 10.5. The normalized spacial score (nSPS) is 11.7. The Bertz CT molecular complexity index is 3890. The fourth-order valence-electron chi connectivity index (χ4n) is 10.5. The Morgan fingerprint density at radius 1 is 0.329 bits per heavy atom. The van der Waals surface area contributed by atoms with Crippen molar-refractivity contribution in [1.82, 2.24) is 19.9 Å². The van der Waals surface area contributed by atoms with Crippen LogP contribution in [0.5, 0.6) is 0 Å². The van der Waals surface area contributed by atoms with Crippen LogP contribution >= 0.6 is 0 Å². The third-order valence-electron chi connectivity index (χ3n) is 14.9. The molecule has 0 saturated carbocycles. The number of benzene rings is 6. The number of esters is 4. The number of nitrogens with zero attached hydrogens (tertiary/aromatic N) is 4. The number of aryl methyl sites for hydroxylation is 4. The van der Waals surface area contributed by atoms with Gasteiger partial charge in [0.05, 0.1) is 51.2 Å². The van der Waals surface area contributed by atoms with Crippen molar-refractivity contribution in [2.45, 2.75) is 27.7 Å². The smallest absolute Gasteiger partial charge is 0.657 e. The maximum absolute atomic E-state index is 12.8. The van der Waals surface area contributed by atoms with Gasteiger partial charge in [0.2, 0.25) is 0 Å². The maximum Gasteiger partial charge on any atom is 2.00 e. The van der Waals surface area contributed by atoms with Crippen LogP contribution in [0.3, 0.4) is 0 Å². The number of ether oxygens (including phenoxy) is 4. The Morgan fingerprint density at radius 2 is 0.529 bits per heavy atom. The van der Waals surface area contributed by atoms with Gasteiger partial charge in [0.1, 0.15) is 0 Å². The van der Waals surface area contributed by atoms with E-state index in [-0.39, 0.29) is 19.5 Å². The Balaban J connectivity index is 0.00000803. The van der Waals surface area contributed by atoms with Crippen molar-refractivity contribution in [3.8, 4) is 89.5 Å². The van der Waals surface area contributed by atoms with Crippen LogP contribution in [0.2, 0.25) is 0 Å². The molecule has 13 heteroatoms. The van der Waals surface area contributed by atoms with Crippen LogP contribution in [0, 0.1) is 27.7 Å². The Kier molecular flexibility index (Phi) is 16.9. The number of methoxy groups -OCH3 is 4.